The molecule has 1 aromatic carbocycles. The quantitative estimate of drug-likeness (QED) is 0.712. The fraction of sp³-hybridized carbons (Fsp3) is 0.650. The van der Waals surface area contributed by atoms with Gasteiger partial charge in [0.25, 0.3) is 0 Å². The summed E-state index contributed by atoms with van der Waals surface area (Å²) >= 11 is 0. The van der Waals surface area contributed by atoms with Crippen LogP contribution in [0, 0.1) is 11.7 Å². The molecule has 0 atom stereocenters. The Kier molecular flexibility index (Phi) is 7.42. The second kappa shape index (κ2) is 9.80. The van der Waals surface area contributed by atoms with Crippen LogP contribution in [0.5, 0.6) is 0 Å². The first-order chi connectivity index (χ1) is 13.4. The molecule has 156 valence electrons. The second-order valence-electron chi connectivity index (χ2n) is 7.74. The van der Waals surface area contributed by atoms with Gasteiger partial charge in [0, 0.05) is 45.7 Å². The number of rotatable bonds is 8. The maximum atomic E-state index is 13.0. The molecular weight excluding hydrogens is 381 g/mol. The molecule has 0 radical (unpaired) electrons. The minimum absolute atomic E-state index is 0.115. The molecule has 28 heavy (non-hydrogen) atoms. The van der Waals surface area contributed by atoms with Gasteiger partial charge in [-0.25, -0.2) is 12.8 Å². The van der Waals surface area contributed by atoms with E-state index in [9.17, 15) is 17.6 Å². The van der Waals surface area contributed by atoms with Crippen LogP contribution in [0.1, 0.15) is 38.5 Å². The summed E-state index contributed by atoms with van der Waals surface area (Å²) in [6.45, 7) is 3.36. The van der Waals surface area contributed by atoms with Crippen LogP contribution in [-0.4, -0.2) is 62.8 Å². The van der Waals surface area contributed by atoms with Crippen molar-refractivity contribution < 1.29 is 17.6 Å². The van der Waals surface area contributed by atoms with Crippen molar-refractivity contribution >= 4 is 15.9 Å². The number of carbonyl (C=O) groups is 1. The largest absolute Gasteiger partial charge is 0.355 e. The summed E-state index contributed by atoms with van der Waals surface area (Å²) in [5.74, 6) is 0.389. The molecule has 1 amide bonds. The summed E-state index contributed by atoms with van der Waals surface area (Å²) in [6.07, 6.45) is 6.72. The molecule has 0 unspecified atom stereocenters. The summed E-state index contributed by atoms with van der Waals surface area (Å²) in [5.41, 5.74) is 0. The normalized spacial score (nSPS) is 19.8. The van der Waals surface area contributed by atoms with Gasteiger partial charge >= 0.3 is 0 Å². The summed E-state index contributed by atoms with van der Waals surface area (Å²) in [5, 5.41) is 2.98. The minimum atomic E-state index is -3.58. The van der Waals surface area contributed by atoms with E-state index >= 15 is 0 Å². The minimum Gasteiger partial charge on any atom is -0.355 e. The Hall–Kier alpha value is -1.51. The zero-order valence-corrected chi connectivity index (χ0v) is 17.1. The van der Waals surface area contributed by atoms with Crippen LogP contribution < -0.4 is 5.32 Å². The van der Waals surface area contributed by atoms with Gasteiger partial charge in [-0.1, -0.05) is 25.7 Å². The Morgan fingerprint density at radius 2 is 1.71 bits per heavy atom. The smallest absolute Gasteiger partial charge is 0.243 e. The van der Waals surface area contributed by atoms with Crippen LogP contribution in [0.3, 0.4) is 0 Å². The second-order valence-corrected chi connectivity index (χ2v) is 9.68. The van der Waals surface area contributed by atoms with Crippen molar-refractivity contribution in [2.24, 2.45) is 5.92 Å². The Labute approximate surface area is 167 Å². The van der Waals surface area contributed by atoms with Gasteiger partial charge in [-0.3, -0.25) is 9.69 Å². The fourth-order valence-corrected chi connectivity index (χ4v) is 5.45. The molecule has 1 aliphatic carbocycles. The van der Waals surface area contributed by atoms with Gasteiger partial charge in [0.1, 0.15) is 5.82 Å². The molecule has 0 spiro atoms. The monoisotopic (exact) mass is 411 g/mol. The van der Waals surface area contributed by atoms with Crippen LogP contribution in [0.2, 0.25) is 0 Å². The van der Waals surface area contributed by atoms with E-state index in [0.717, 1.165) is 18.9 Å². The summed E-state index contributed by atoms with van der Waals surface area (Å²) in [6, 6.07) is 4.94. The highest BCUT2D eigenvalue weighted by molar-refractivity contribution is 7.89. The molecular formula is C20H30FN3O3S. The molecule has 0 aromatic heterocycles. The Balaban J connectivity index is 1.35. The van der Waals surface area contributed by atoms with E-state index in [1.165, 1.54) is 54.3 Å². The molecule has 8 heteroatoms. The van der Waals surface area contributed by atoms with Gasteiger partial charge in [0.2, 0.25) is 15.9 Å². The van der Waals surface area contributed by atoms with E-state index in [4.69, 9.17) is 0 Å². The molecule has 6 nitrogen and oxygen atoms in total. The Morgan fingerprint density at radius 3 is 2.36 bits per heavy atom. The average molecular weight is 412 g/mol. The van der Waals surface area contributed by atoms with E-state index in [1.54, 1.807) is 0 Å². The van der Waals surface area contributed by atoms with E-state index in [2.05, 4.69) is 10.2 Å². The third kappa shape index (κ3) is 5.75. The van der Waals surface area contributed by atoms with Crippen molar-refractivity contribution in [3.8, 4) is 0 Å². The number of halogens is 1. The lowest BCUT2D eigenvalue weighted by Gasteiger charge is -2.34. The number of benzene rings is 1. The van der Waals surface area contributed by atoms with E-state index in [0.29, 0.717) is 39.1 Å². The Bertz CT molecular complexity index is 740. The third-order valence-corrected chi connectivity index (χ3v) is 7.70. The molecule has 2 aliphatic rings. The number of hydrogen-bond acceptors (Lipinski definition) is 4. The fourth-order valence-electron chi connectivity index (χ4n) is 4.03. The lowest BCUT2D eigenvalue weighted by atomic mass is 10.0. The number of sulfonamides is 1. The number of amides is 1. The molecule has 1 saturated carbocycles. The average Bonchev–Trinajstić information content (AvgIpc) is 3.21. The van der Waals surface area contributed by atoms with Crippen molar-refractivity contribution in [1.82, 2.24) is 14.5 Å². The van der Waals surface area contributed by atoms with Crippen molar-refractivity contribution in [3.05, 3.63) is 30.1 Å². The van der Waals surface area contributed by atoms with Gasteiger partial charge < -0.3 is 5.32 Å². The first kappa shape index (κ1) is 21.2. The number of nitrogens with one attached hydrogen (secondary N) is 1. The number of hydrogen-bond donors (Lipinski definition) is 1. The van der Waals surface area contributed by atoms with Gasteiger partial charge in [-0.2, -0.15) is 4.31 Å². The van der Waals surface area contributed by atoms with E-state index in [1.807, 2.05) is 0 Å². The molecule has 1 heterocycles. The molecule has 0 bridgehead atoms. The number of piperazine rings is 1. The first-order valence-corrected chi connectivity index (χ1v) is 11.6. The molecule has 1 saturated heterocycles. The topological polar surface area (TPSA) is 69.7 Å². The van der Waals surface area contributed by atoms with Crippen LogP contribution in [0.15, 0.2) is 29.2 Å². The van der Waals surface area contributed by atoms with Crippen molar-refractivity contribution in [2.75, 3.05) is 39.3 Å². The predicted octanol–water partition coefficient (Wildman–Crippen LogP) is 2.22. The number of nitrogens with zero attached hydrogens (tertiary/aromatic N) is 2. The third-order valence-electron chi connectivity index (χ3n) is 5.79. The van der Waals surface area contributed by atoms with Crippen molar-refractivity contribution in [2.45, 2.75) is 43.4 Å². The van der Waals surface area contributed by atoms with E-state index in [-0.39, 0.29) is 10.8 Å². The summed E-state index contributed by atoms with van der Waals surface area (Å²) in [4.78, 5) is 14.2. The highest BCUT2D eigenvalue weighted by Gasteiger charge is 2.28. The van der Waals surface area contributed by atoms with Crippen LogP contribution in [0.25, 0.3) is 0 Å². The van der Waals surface area contributed by atoms with Crippen LogP contribution in [0.4, 0.5) is 4.39 Å². The predicted molar refractivity (Wildman–Crippen MR) is 106 cm³/mol. The zero-order valence-electron chi connectivity index (χ0n) is 16.3. The standard InChI is InChI=1S/C20H30FN3O3S/c21-18-6-8-19(9-7-18)28(26,27)24-15-13-23(14-16-24)12-11-22-20(25)10-5-17-3-1-2-4-17/h6-9,17H,1-5,10-16H2,(H,22,25). The first-order valence-electron chi connectivity index (χ1n) is 10.2. The maximum absolute atomic E-state index is 13.0. The highest BCUT2D eigenvalue weighted by Crippen LogP contribution is 2.28. The Morgan fingerprint density at radius 1 is 1.07 bits per heavy atom. The van der Waals surface area contributed by atoms with E-state index < -0.39 is 15.8 Å². The van der Waals surface area contributed by atoms with Crippen LogP contribution in [-0.2, 0) is 14.8 Å². The molecule has 1 aliphatic heterocycles. The lowest BCUT2D eigenvalue weighted by Crippen LogP contribution is -2.50. The van der Waals surface area contributed by atoms with Gasteiger partial charge in [-0.15, -0.1) is 0 Å². The zero-order chi connectivity index (χ0) is 20.0. The SMILES string of the molecule is O=C(CCC1CCCC1)NCCN1CCN(S(=O)(=O)c2ccc(F)cc2)CC1. The highest BCUT2D eigenvalue weighted by atomic mass is 32.2. The van der Waals surface area contributed by atoms with Crippen molar-refractivity contribution in [1.29, 1.82) is 0 Å². The molecule has 2 fully saturated rings. The maximum Gasteiger partial charge on any atom is 0.243 e. The van der Waals surface area contributed by atoms with Crippen LogP contribution >= 0.6 is 0 Å². The molecule has 1 N–H and O–H groups in total. The number of carbonyl (C=O) groups excluding carboxylic acids is 1. The molecule has 3 rings (SSSR count). The van der Waals surface area contributed by atoms with Gasteiger partial charge in [0.15, 0.2) is 0 Å². The van der Waals surface area contributed by atoms with Gasteiger partial charge in [0.05, 0.1) is 4.90 Å². The van der Waals surface area contributed by atoms with Gasteiger partial charge in [-0.05, 0) is 36.6 Å². The molecule has 1 aromatic rings. The van der Waals surface area contributed by atoms with Crippen molar-refractivity contribution in [3.63, 3.8) is 0 Å². The summed E-state index contributed by atoms with van der Waals surface area (Å²) in [7, 11) is -3.58. The lowest BCUT2D eigenvalue weighted by molar-refractivity contribution is -0.121. The summed E-state index contributed by atoms with van der Waals surface area (Å²) < 4.78 is 39.7.